The van der Waals surface area contributed by atoms with Crippen LogP contribution >= 0.6 is 0 Å². The lowest BCUT2D eigenvalue weighted by atomic mass is 9.87. The van der Waals surface area contributed by atoms with E-state index < -0.39 is 24.0 Å². The summed E-state index contributed by atoms with van der Waals surface area (Å²) in [7, 11) is 1.08. The summed E-state index contributed by atoms with van der Waals surface area (Å²) in [5.41, 5.74) is 0.309. The minimum Gasteiger partial charge on any atom is -0.469 e. The van der Waals surface area contributed by atoms with Gasteiger partial charge in [0.05, 0.1) is 18.9 Å². The lowest BCUT2D eigenvalue weighted by Gasteiger charge is -2.24. The monoisotopic (exact) mass is 246 g/mol. The molecule has 1 aromatic carbocycles. The van der Waals surface area contributed by atoms with Crippen LogP contribution in [0, 0.1) is 5.92 Å². The summed E-state index contributed by atoms with van der Waals surface area (Å²) in [4.78, 5) is 11.5. The Balaban J connectivity index is 3.10. The van der Waals surface area contributed by atoms with Crippen molar-refractivity contribution in [2.75, 3.05) is 7.11 Å². The predicted molar refractivity (Wildman–Crippen MR) is 56.4 cm³/mol. The topological polar surface area (TPSA) is 26.3 Å². The maximum absolute atomic E-state index is 12.7. The van der Waals surface area contributed by atoms with E-state index >= 15 is 0 Å². The van der Waals surface area contributed by atoms with Crippen LogP contribution in [-0.4, -0.2) is 19.3 Å². The van der Waals surface area contributed by atoms with Crippen molar-refractivity contribution in [3.63, 3.8) is 0 Å². The highest BCUT2D eigenvalue weighted by atomic mass is 19.4. The summed E-state index contributed by atoms with van der Waals surface area (Å²) in [5.74, 6) is -3.97. The SMILES string of the molecule is COC(=O)C(c1ccccc1)C(C)C(F)(F)F. The van der Waals surface area contributed by atoms with Gasteiger partial charge in [-0.2, -0.15) is 13.2 Å². The van der Waals surface area contributed by atoms with Crippen LogP contribution < -0.4 is 0 Å². The van der Waals surface area contributed by atoms with Crippen molar-refractivity contribution >= 4 is 5.97 Å². The number of benzene rings is 1. The zero-order valence-electron chi connectivity index (χ0n) is 9.49. The number of hydrogen-bond acceptors (Lipinski definition) is 2. The van der Waals surface area contributed by atoms with Gasteiger partial charge in [0, 0.05) is 0 Å². The number of esters is 1. The van der Waals surface area contributed by atoms with Crippen molar-refractivity contribution in [3.8, 4) is 0 Å². The zero-order valence-corrected chi connectivity index (χ0v) is 9.49. The van der Waals surface area contributed by atoms with E-state index in [4.69, 9.17) is 0 Å². The molecule has 1 aromatic rings. The first-order valence-electron chi connectivity index (χ1n) is 5.07. The number of halogens is 3. The largest absolute Gasteiger partial charge is 0.469 e. The van der Waals surface area contributed by atoms with E-state index in [1.165, 1.54) is 12.1 Å². The van der Waals surface area contributed by atoms with Gasteiger partial charge >= 0.3 is 12.1 Å². The molecule has 94 valence electrons. The van der Waals surface area contributed by atoms with Gasteiger partial charge in [-0.05, 0) is 5.56 Å². The van der Waals surface area contributed by atoms with Crippen molar-refractivity contribution in [1.82, 2.24) is 0 Å². The van der Waals surface area contributed by atoms with E-state index in [-0.39, 0.29) is 0 Å². The summed E-state index contributed by atoms with van der Waals surface area (Å²) in [6.07, 6.45) is -4.44. The van der Waals surface area contributed by atoms with E-state index in [0.29, 0.717) is 5.56 Å². The van der Waals surface area contributed by atoms with Crippen molar-refractivity contribution < 1.29 is 22.7 Å². The minimum atomic E-state index is -4.44. The van der Waals surface area contributed by atoms with Crippen LogP contribution in [0.3, 0.4) is 0 Å². The molecule has 0 fully saturated rings. The Hall–Kier alpha value is -1.52. The van der Waals surface area contributed by atoms with Gasteiger partial charge in [-0.1, -0.05) is 37.3 Å². The molecule has 0 aromatic heterocycles. The Kier molecular flexibility index (Phi) is 4.15. The molecule has 2 nitrogen and oxygen atoms in total. The molecule has 0 amide bonds. The lowest BCUT2D eigenvalue weighted by Crippen LogP contribution is -2.31. The van der Waals surface area contributed by atoms with E-state index in [2.05, 4.69) is 4.74 Å². The first-order chi connectivity index (χ1) is 7.88. The summed E-state index contributed by atoms with van der Waals surface area (Å²) >= 11 is 0. The summed E-state index contributed by atoms with van der Waals surface area (Å²) in [6, 6.07) is 7.84. The number of ether oxygens (including phenoxy) is 1. The Morgan fingerprint density at radius 1 is 1.24 bits per heavy atom. The number of hydrogen-bond donors (Lipinski definition) is 0. The minimum absolute atomic E-state index is 0.309. The highest BCUT2D eigenvalue weighted by Crippen LogP contribution is 2.37. The molecule has 0 aliphatic heterocycles. The Morgan fingerprint density at radius 3 is 2.18 bits per heavy atom. The molecule has 0 radical (unpaired) electrons. The maximum atomic E-state index is 12.7. The average molecular weight is 246 g/mol. The fraction of sp³-hybridized carbons (Fsp3) is 0.417. The van der Waals surface area contributed by atoms with E-state index in [1.54, 1.807) is 18.2 Å². The molecule has 0 aliphatic carbocycles. The molecule has 0 saturated heterocycles. The van der Waals surface area contributed by atoms with Crippen LogP contribution in [0.4, 0.5) is 13.2 Å². The van der Waals surface area contributed by atoms with Crippen molar-refractivity contribution in [2.45, 2.75) is 19.0 Å². The number of alkyl halides is 3. The third-order valence-electron chi connectivity index (χ3n) is 2.63. The quantitative estimate of drug-likeness (QED) is 0.766. The highest BCUT2D eigenvalue weighted by Gasteiger charge is 2.45. The highest BCUT2D eigenvalue weighted by molar-refractivity contribution is 5.78. The van der Waals surface area contributed by atoms with Crippen molar-refractivity contribution in [1.29, 1.82) is 0 Å². The Labute approximate surface area is 97.4 Å². The fourth-order valence-electron chi connectivity index (χ4n) is 1.61. The molecule has 0 saturated carbocycles. The van der Waals surface area contributed by atoms with Gasteiger partial charge in [0.2, 0.25) is 0 Å². The molecule has 0 N–H and O–H groups in total. The second kappa shape index (κ2) is 5.21. The van der Waals surface area contributed by atoms with Gasteiger partial charge in [0.15, 0.2) is 0 Å². The third-order valence-corrected chi connectivity index (χ3v) is 2.63. The second-order valence-electron chi connectivity index (χ2n) is 3.74. The van der Waals surface area contributed by atoms with Gasteiger partial charge in [0.1, 0.15) is 0 Å². The van der Waals surface area contributed by atoms with Gasteiger partial charge in [-0.25, -0.2) is 0 Å². The summed E-state index contributed by atoms with van der Waals surface area (Å²) < 4.78 is 42.5. The number of carbonyl (C=O) groups is 1. The summed E-state index contributed by atoms with van der Waals surface area (Å²) in [5, 5.41) is 0. The van der Waals surface area contributed by atoms with E-state index in [1.807, 2.05) is 0 Å². The molecule has 5 heteroatoms. The van der Waals surface area contributed by atoms with Gasteiger partial charge in [0.25, 0.3) is 0 Å². The molecular formula is C12H13F3O2. The molecule has 2 unspecified atom stereocenters. The Morgan fingerprint density at radius 2 is 1.76 bits per heavy atom. The second-order valence-corrected chi connectivity index (χ2v) is 3.74. The van der Waals surface area contributed by atoms with Crippen molar-refractivity contribution in [3.05, 3.63) is 35.9 Å². The summed E-state index contributed by atoms with van der Waals surface area (Å²) in [6.45, 7) is 0.981. The first kappa shape index (κ1) is 13.5. The van der Waals surface area contributed by atoms with Crippen LogP contribution in [0.1, 0.15) is 18.4 Å². The number of methoxy groups -OCH3 is 1. The number of rotatable bonds is 3. The van der Waals surface area contributed by atoms with Crippen LogP contribution in [0.2, 0.25) is 0 Å². The number of carbonyl (C=O) groups excluding carboxylic acids is 1. The van der Waals surface area contributed by atoms with Gasteiger partial charge in [-0.15, -0.1) is 0 Å². The smallest absolute Gasteiger partial charge is 0.392 e. The molecule has 17 heavy (non-hydrogen) atoms. The van der Waals surface area contributed by atoms with Crippen LogP contribution in [0.5, 0.6) is 0 Å². The average Bonchev–Trinajstić information content (AvgIpc) is 2.29. The normalized spacial score (nSPS) is 15.1. The van der Waals surface area contributed by atoms with E-state index in [9.17, 15) is 18.0 Å². The predicted octanol–water partition coefficient (Wildman–Crippen LogP) is 3.14. The molecule has 0 bridgehead atoms. The first-order valence-corrected chi connectivity index (χ1v) is 5.07. The van der Waals surface area contributed by atoms with Gasteiger partial charge in [-0.3, -0.25) is 4.79 Å². The van der Waals surface area contributed by atoms with Crippen LogP contribution in [0.25, 0.3) is 0 Å². The molecule has 0 spiro atoms. The molecule has 0 aliphatic rings. The molecule has 1 rings (SSSR count). The maximum Gasteiger partial charge on any atom is 0.392 e. The van der Waals surface area contributed by atoms with Crippen molar-refractivity contribution in [2.24, 2.45) is 5.92 Å². The fourth-order valence-corrected chi connectivity index (χ4v) is 1.61. The standard InChI is InChI=1S/C12H13F3O2/c1-8(12(13,14)15)10(11(16)17-2)9-6-4-3-5-7-9/h3-8,10H,1-2H3. The van der Waals surface area contributed by atoms with Crippen LogP contribution in [0.15, 0.2) is 30.3 Å². The van der Waals surface area contributed by atoms with Gasteiger partial charge < -0.3 is 4.74 Å². The Bertz CT molecular complexity index is 373. The zero-order chi connectivity index (χ0) is 13.1. The molecular weight excluding hydrogens is 233 g/mol. The van der Waals surface area contributed by atoms with Crippen LogP contribution in [-0.2, 0) is 9.53 Å². The third kappa shape index (κ3) is 3.22. The molecule has 0 heterocycles. The lowest BCUT2D eigenvalue weighted by molar-refractivity contribution is -0.184. The van der Waals surface area contributed by atoms with E-state index in [0.717, 1.165) is 14.0 Å². The molecule has 2 atom stereocenters.